The minimum absolute atomic E-state index is 0.00542. The smallest absolute Gasteiger partial charge is 0.251 e. The number of aryl methyl sites for hydroxylation is 1. The Morgan fingerprint density at radius 2 is 1.66 bits per heavy atom. The largest absolute Gasteiger partial charge is 0.392 e. The van der Waals surface area contributed by atoms with Crippen molar-refractivity contribution in [2.24, 2.45) is 0 Å². The third-order valence-electron chi connectivity index (χ3n) is 7.42. The molecule has 5 aromatic rings. The third kappa shape index (κ3) is 7.61. The Morgan fingerprint density at radius 3 is 2.41 bits per heavy atom. The molecular weight excluding hydrogens is 591 g/mol. The summed E-state index contributed by atoms with van der Waals surface area (Å²) in [7, 11) is 0. The van der Waals surface area contributed by atoms with E-state index in [1.807, 2.05) is 85.8 Å². The molecule has 9 heteroatoms. The predicted molar refractivity (Wildman–Crippen MR) is 173 cm³/mol. The molecule has 2 N–H and O–H groups in total. The zero-order valence-electron chi connectivity index (χ0n) is 24.3. The lowest BCUT2D eigenvalue weighted by Gasteiger charge is -2.36. The predicted octanol–water partition coefficient (Wildman–Crippen LogP) is 7.27. The van der Waals surface area contributed by atoms with E-state index in [1.165, 1.54) is 0 Å². The van der Waals surface area contributed by atoms with Gasteiger partial charge in [-0.1, -0.05) is 102 Å². The van der Waals surface area contributed by atoms with Gasteiger partial charge in [0.05, 0.1) is 18.8 Å². The molecule has 7 nitrogen and oxygen atoms in total. The van der Waals surface area contributed by atoms with E-state index in [1.54, 1.807) is 23.1 Å². The van der Waals surface area contributed by atoms with Gasteiger partial charge in [0.1, 0.15) is 5.01 Å². The minimum atomic E-state index is -0.554. The lowest BCUT2D eigenvalue weighted by molar-refractivity contribution is -0.245. The Kier molecular flexibility index (Phi) is 9.80. The molecule has 0 bridgehead atoms. The molecule has 0 spiro atoms. The van der Waals surface area contributed by atoms with Gasteiger partial charge in [0.2, 0.25) is 0 Å². The number of aliphatic hydroxyl groups excluding tert-OH is 1. The molecule has 6 rings (SSSR count). The average molecular weight is 624 g/mol. The standard InChI is InChI=1S/C35H33N3O4S2/c1-23-37-38-35(44-23)43-22-31-19-32(26-15-13-24(21-39)14-16-26)42-34(41-31)30-12-6-11-29(18-30)28-10-5-7-25(17-28)20-36-33(40)27-8-3-2-4-9-27/h2-18,31-32,34,39H,19-22H2,1H3,(H,36,40)/t31-,32+,34+/m1/s1. The highest BCUT2D eigenvalue weighted by molar-refractivity contribution is 8.01. The summed E-state index contributed by atoms with van der Waals surface area (Å²) in [5.41, 5.74) is 6.59. The van der Waals surface area contributed by atoms with Gasteiger partial charge in [0.25, 0.3) is 5.91 Å². The SMILES string of the molecule is Cc1nnc(SC[C@H]2C[C@@H](c3ccc(CO)cc3)O[C@@H](c3cccc(-c4cccc(CNC(=O)c5ccccc5)c4)c3)O2)s1. The van der Waals surface area contributed by atoms with Gasteiger partial charge in [-0.25, -0.2) is 0 Å². The summed E-state index contributed by atoms with van der Waals surface area (Å²) in [6, 6.07) is 33.6. The molecule has 1 aromatic heterocycles. The summed E-state index contributed by atoms with van der Waals surface area (Å²) in [4.78, 5) is 12.6. The summed E-state index contributed by atoms with van der Waals surface area (Å²) >= 11 is 3.24. The highest BCUT2D eigenvalue weighted by Crippen LogP contribution is 2.40. The van der Waals surface area contributed by atoms with Crippen LogP contribution in [0.3, 0.4) is 0 Å². The van der Waals surface area contributed by atoms with Crippen molar-refractivity contribution in [3.8, 4) is 11.1 Å². The molecule has 1 amide bonds. The van der Waals surface area contributed by atoms with Crippen molar-refractivity contribution in [2.75, 3.05) is 5.75 Å². The maximum atomic E-state index is 12.6. The monoisotopic (exact) mass is 623 g/mol. The number of rotatable bonds is 10. The summed E-state index contributed by atoms with van der Waals surface area (Å²) in [5.74, 6) is 0.634. The number of carbonyl (C=O) groups excluding carboxylic acids is 1. The molecule has 1 aliphatic heterocycles. The maximum Gasteiger partial charge on any atom is 0.251 e. The number of hydrogen-bond donors (Lipinski definition) is 2. The molecule has 0 aliphatic carbocycles. The van der Waals surface area contributed by atoms with Crippen LogP contribution in [0.5, 0.6) is 0 Å². The van der Waals surface area contributed by atoms with E-state index >= 15 is 0 Å². The van der Waals surface area contributed by atoms with Crippen LogP contribution >= 0.6 is 23.1 Å². The quantitative estimate of drug-likeness (QED) is 0.158. The Balaban J connectivity index is 1.19. The van der Waals surface area contributed by atoms with E-state index in [2.05, 4.69) is 39.8 Å². The Hall–Kier alpha value is -3.86. The number of ether oxygens (including phenoxy) is 2. The fraction of sp³-hybridized carbons (Fsp3) is 0.229. The molecule has 0 saturated carbocycles. The summed E-state index contributed by atoms with van der Waals surface area (Å²) in [5, 5.41) is 21.9. The van der Waals surface area contributed by atoms with Crippen molar-refractivity contribution in [3.05, 3.63) is 136 Å². The van der Waals surface area contributed by atoms with Gasteiger partial charge in [-0.05, 0) is 59.0 Å². The second-order valence-electron chi connectivity index (χ2n) is 10.6. The summed E-state index contributed by atoms with van der Waals surface area (Å²) < 4.78 is 14.0. The molecule has 0 radical (unpaired) electrons. The number of hydrogen-bond acceptors (Lipinski definition) is 8. The van der Waals surface area contributed by atoms with Crippen molar-refractivity contribution in [2.45, 2.75) is 49.3 Å². The second-order valence-corrected chi connectivity index (χ2v) is 13.1. The Morgan fingerprint density at radius 1 is 0.886 bits per heavy atom. The number of thioether (sulfide) groups is 1. The Labute approximate surface area is 265 Å². The number of nitrogens with zero attached hydrogens (tertiary/aromatic N) is 2. The van der Waals surface area contributed by atoms with E-state index in [4.69, 9.17) is 9.47 Å². The number of nitrogens with one attached hydrogen (secondary N) is 1. The van der Waals surface area contributed by atoms with Crippen LogP contribution in [-0.2, 0) is 22.6 Å². The first-order valence-corrected chi connectivity index (χ1v) is 16.3. The summed E-state index contributed by atoms with van der Waals surface area (Å²) in [6.45, 7) is 2.39. The van der Waals surface area contributed by atoms with Crippen molar-refractivity contribution in [1.82, 2.24) is 15.5 Å². The number of amides is 1. The molecule has 1 fully saturated rings. The fourth-order valence-electron chi connectivity index (χ4n) is 5.12. The van der Waals surface area contributed by atoms with Crippen LogP contribution in [0.25, 0.3) is 11.1 Å². The second kappa shape index (κ2) is 14.3. The first-order valence-electron chi connectivity index (χ1n) is 14.5. The van der Waals surface area contributed by atoms with Crippen LogP contribution in [-0.4, -0.2) is 33.1 Å². The van der Waals surface area contributed by atoms with Crippen LogP contribution in [0.2, 0.25) is 0 Å². The first kappa shape index (κ1) is 30.2. The molecule has 2 heterocycles. The molecule has 44 heavy (non-hydrogen) atoms. The van der Waals surface area contributed by atoms with E-state index < -0.39 is 6.29 Å². The zero-order chi connectivity index (χ0) is 30.3. The normalized spacial score (nSPS) is 18.2. The van der Waals surface area contributed by atoms with Crippen LogP contribution < -0.4 is 5.32 Å². The summed E-state index contributed by atoms with van der Waals surface area (Å²) in [6.07, 6.45) is -0.0774. The van der Waals surface area contributed by atoms with Gasteiger partial charge in [0, 0.05) is 29.8 Å². The van der Waals surface area contributed by atoms with E-state index in [0.717, 1.165) is 48.5 Å². The minimum Gasteiger partial charge on any atom is -0.392 e. The number of benzene rings is 4. The zero-order valence-corrected chi connectivity index (χ0v) is 25.9. The van der Waals surface area contributed by atoms with Crippen molar-refractivity contribution in [1.29, 1.82) is 0 Å². The number of carbonyl (C=O) groups is 1. The number of aliphatic hydroxyl groups is 1. The van der Waals surface area contributed by atoms with Gasteiger partial charge < -0.3 is 19.9 Å². The lowest BCUT2D eigenvalue weighted by Crippen LogP contribution is -2.31. The molecule has 1 saturated heterocycles. The average Bonchev–Trinajstić information content (AvgIpc) is 3.51. The fourth-order valence-corrected chi connectivity index (χ4v) is 6.98. The molecule has 3 atom stereocenters. The molecule has 224 valence electrons. The van der Waals surface area contributed by atoms with Crippen LogP contribution in [0, 0.1) is 6.92 Å². The molecule has 1 aliphatic rings. The van der Waals surface area contributed by atoms with Crippen LogP contribution in [0.15, 0.2) is 107 Å². The molecule has 4 aromatic carbocycles. The first-order chi connectivity index (χ1) is 21.5. The van der Waals surface area contributed by atoms with Gasteiger partial charge in [-0.15, -0.1) is 10.2 Å². The van der Waals surface area contributed by atoms with Gasteiger partial charge in [-0.2, -0.15) is 0 Å². The van der Waals surface area contributed by atoms with Crippen molar-refractivity contribution in [3.63, 3.8) is 0 Å². The lowest BCUT2D eigenvalue weighted by atomic mass is 9.99. The topological polar surface area (TPSA) is 93.6 Å². The van der Waals surface area contributed by atoms with Crippen molar-refractivity contribution >= 4 is 29.0 Å². The molecule has 0 unspecified atom stereocenters. The third-order valence-corrected chi connectivity index (χ3v) is 9.53. The molecular formula is C35H33N3O4S2. The van der Waals surface area contributed by atoms with Crippen LogP contribution in [0.1, 0.15) is 56.4 Å². The highest BCUT2D eigenvalue weighted by Gasteiger charge is 2.32. The highest BCUT2D eigenvalue weighted by atomic mass is 32.2. The van der Waals surface area contributed by atoms with Gasteiger partial charge in [0.15, 0.2) is 10.6 Å². The van der Waals surface area contributed by atoms with Crippen molar-refractivity contribution < 1.29 is 19.4 Å². The Bertz CT molecular complexity index is 1690. The maximum absolute atomic E-state index is 12.6. The number of aromatic nitrogens is 2. The van der Waals surface area contributed by atoms with E-state index in [0.29, 0.717) is 18.5 Å². The van der Waals surface area contributed by atoms with Gasteiger partial charge in [-0.3, -0.25) is 4.79 Å². The van der Waals surface area contributed by atoms with Gasteiger partial charge >= 0.3 is 0 Å². The van der Waals surface area contributed by atoms with E-state index in [-0.39, 0.29) is 24.7 Å². The van der Waals surface area contributed by atoms with Crippen LogP contribution in [0.4, 0.5) is 0 Å². The van der Waals surface area contributed by atoms with E-state index in [9.17, 15) is 9.90 Å².